The van der Waals surface area contributed by atoms with E-state index >= 15 is 0 Å². The molecule has 0 radical (unpaired) electrons. The second kappa shape index (κ2) is 11.1. The van der Waals surface area contributed by atoms with Crippen molar-refractivity contribution in [3.63, 3.8) is 0 Å². The van der Waals surface area contributed by atoms with Gasteiger partial charge in [0.15, 0.2) is 11.5 Å². The Bertz CT molecular complexity index is 1410. The lowest BCUT2D eigenvalue weighted by Gasteiger charge is -2.53. The molecule has 3 aliphatic rings. The van der Waals surface area contributed by atoms with E-state index in [-0.39, 0.29) is 18.1 Å². The summed E-state index contributed by atoms with van der Waals surface area (Å²) in [5, 5.41) is 1.30. The third-order valence-corrected chi connectivity index (χ3v) is 9.67. The van der Waals surface area contributed by atoms with Gasteiger partial charge in [-0.15, -0.1) is 0 Å². The highest BCUT2D eigenvalue weighted by Gasteiger charge is 2.50. The highest BCUT2D eigenvalue weighted by atomic mass is 16.6. The molecule has 1 N–H and O–H groups in total. The molecule has 41 heavy (non-hydrogen) atoms. The van der Waals surface area contributed by atoms with Gasteiger partial charge in [-0.25, -0.2) is 4.79 Å². The molecule has 0 amide bonds. The number of hydrogen-bond acceptors (Lipinski definition) is 8. The van der Waals surface area contributed by atoms with Crippen LogP contribution in [0.2, 0.25) is 0 Å². The number of piperidine rings is 1. The second-order valence-electron chi connectivity index (χ2n) is 11.5. The van der Waals surface area contributed by atoms with E-state index < -0.39 is 5.97 Å². The van der Waals surface area contributed by atoms with Crippen molar-refractivity contribution in [3.05, 3.63) is 47.2 Å². The number of H-pyrrole nitrogens is 1. The number of methoxy groups -OCH3 is 5. The van der Waals surface area contributed by atoms with Crippen molar-refractivity contribution in [3.8, 4) is 23.0 Å². The summed E-state index contributed by atoms with van der Waals surface area (Å²) in [6, 6.07) is 9.94. The number of nitrogens with zero attached hydrogens (tertiary/aromatic N) is 1. The number of nitrogens with one attached hydrogen (secondary N) is 1. The Balaban J connectivity index is 1.23. The van der Waals surface area contributed by atoms with Gasteiger partial charge in [-0.3, -0.25) is 4.90 Å². The lowest BCUT2D eigenvalue weighted by Crippen LogP contribution is -2.55. The van der Waals surface area contributed by atoms with Gasteiger partial charge in [0.25, 0.3) is 0 Å². The number of aromatic nitrogens is 1. The van der Waals surface area contributed by atoms with Crippen LogP contribution in [0.25, 0.3) is 10.9 Å². The predicted molar refractivity (Wildman–Crippen MR) is 154 cm³/mol. The van der Waals surface area contributed by atoms with E-state index in [2.05, 4.69) is 28.9 Å². The maximum absolute atomic E-state index is 13.4. The van der Waals surface area contributed by atoms with Crippen molar-refractivity contribution in [2.24, 2.45) is 17.8 Å². The minimum absolute atomic E-state index is 0.191. The lowest BCUT2D eigenvalue weighted by atomic mass is 9.64. The Kier molecular flexibility index (Phi) is 7.50. The largest absolute Gasteiger partial charge is 0.497 e. The topological polar surface area (TPSA) is 91.5 Å². The highest BCUT2D eigenvalue weighted by Crippen LogP contribution is 2.50. The zero-order valence-electron chi connectivity index (χ0n) is 24.7. The van der Waals surface area contributed by atoms with E-state index in [0.717, 1.165) is 43.6 Å². The summed E-state index contributed by atoms with van der Waals surface area (Å²) in [5.74, 6) is 2.81. The van der Waals surface area contributed by atoms with Gasteiger partial charge in [-0.1, -0.05) is 6.92 Å². The van der Waals surface area contributed by atoms with Crippen LogP contribution in [-0.4, -0.2) is 76.7 Å². The van der Waals surface area contributed by atoms with Crippen molar-refractivity contribution >= 4 is 16.9 Å². The zero-order valence-corrected chi connectivity index (χ0v) is 24.7. The van der Waals surface area contributed by atoms with E-state index in [4.69, 9.17) is 28.4 Å². The maximum Gasteiger partial charge on any atom is 0.338 e. The number of rotatable bonds is 7. The fourth-order valence-corrected chi connectivity index (χ4v) is 7.70. The standard InChI is InChI=1S/C32H40N2O7/c1-17-23-15-25-29-22(21-8-7-20(36-2)14-24(21)33-29)9-10-34(25)16-19(23)13-28(30(17)39-5)41-32(35)18-11-26(37-3)31(40-6)27(12-18)38-4/h7-8,11-12,14,17,19,23,25,28,30,33H,9-10,13,15-16H2,1-6H3. The lowest BCUT2D eigenvalue weighted by molar-refractivity contribution is -0.131. The smallest absolute Gasteiger partial charge is 0.338 e. The fourth-order valence-electron chi connectivity index (χ4n) is 7.70. The molecule has 1 saturated heterocycles. The van der Waals surface area contributed by atoms with E-state index in [0.29, 0.717) is 40.7 Å². The number of fused-ring (bicyclic) bond motifs is 6. The van der Waals surface area contributed by atoms with Gasteiger partial charge in [0.2, 0.25) is 5.75 Å². The first-order chi connectivity index (χ1) is 19.9. The minimum Gasteiger partial charge on any atom is -0.497 e. The number of carbonyl (C=O) groups excluding carboxylic acids is 1. The zero-order chi connectivity index (χ0) is 28.8. The van der Waals surface area contributed by atoms with Gasteiger partial charge in [0, 0.05) is 42.9 Å². The molecule has 6 atom stereocenters. The van der Waals surface area contributed by atoms with Crippen LogP contribution >= 0.6 is 0 Å². The van der Waals surface area contributed by atoms with Crippen LogP contribution in [0.1, 0.15) is 47.4 Å². The molecule has 2 fully saturated rings. The second-order valence-corrected chi connectivity index (χ2v) is 11.5. The molecule has 6 unspecified atom stereocenters. The summed E-state index contributed by atoms with van der Waals surface area (Å²) in [6.45, 7) is 4.26. The number of hydrogen-bond donors (Lipinski definition) is 1. The molecule has 220 valence electrons. The van der Waals surface area contributed by atoms with E-state index in [1.807, 2.05) is 6.07 Å². The minimum atomic E-state index is -0.424. The molecule has 9 nitrogen and oxygen atoms in total. The quantitative estimate of drug-likeness (QED) is 0.400. The first-order valence-corrected chi connectivity index (χ1v) is 14.4. The molecule has 0 bridgehead atoms. The van der Waals surface area contributed by atoms with E-state index in [9.17, 15) is 4.79 Å². The van der Waals surface area contributed by atoms with E-state index in [1.165, 1.54) is 38.0 Å². The average molecular weight is 565 g/mol. The number of esters is 1. The van der Waals surface area contributed by atoms with Crippen molar-refractivity contribution in [2.45, 2.75) is 44.4 Å². The summed E-state index contributed by atoms with van der Waals surface area (Å²) in [6.07, 6.45) is 2.30. The molecule has 3 heterocycles. The average Bonchev–Trinajstić information content (AvgIpc) is 3.37. The molecular formula is C32H40N2O7. The number of benzene rings is 2. The SMILES string of the molecule is COc1ccc2c3c([nH]c2c1)C1CC2C(CC(OC(=O)c4cc(OC)c(OC)c(OC)c4)C(OC)C2C)CN1CC3. The van der Waals surface area contributed by atoms with Crippen LogP contribution < -0.4 is 18.9 Å². The van der Waals surface area contributed by atoms with Crippen molar-refractivity contribution < 1.29 is 33.2 Å². The molecule has 1 saturated carbocycles. The fraction of sp³-hybridized carbons (Fsp3) is 0.531. The summed E-state index contributed by atoms with van der Waals surface area (Å²) >= 11 is 0. The first kappa shape index (κ1) is 27.7. The summed E-state index contributed by atoms with van der Waals surface area (Å²) in [5.41, 5.74) is 4.27. The van der Waals surface area contributed by atoms with Crippen LogP contribution in [0.3, 0.4) is 0 Å². The third kappa shape index (κ3) is 4.69. The van der Waals surface area contributed by atoms with Crippen molar-refractivity contribution in [1.29, 1.82) is 0 Å². The van der Waals surface area contributed by atoms with Gasteiger partial charge in [0.1, 0.15) is 11.9 Å². The Morgan fingerprint density at radius 2 is 1.71 bits per heavy atom. The Labute approximate surface area is 241 Å². The summed E-state index contributed by atoms with van der Waals surface area (Å²) < 4.78 is 34.0. The molecule has 2 aliphatic heterocycles. The predicted octanol–water partition coefficient (Wildman–Crippen LogP) is 5.02. The number of aromatic amines is 1. The maximum atomic E-state index is 13.4. The Morgan fingerprint density at radius 3 is 2.37 bits per heavy atom. The summed E-state index contributed by atoms with van der Waals surface area (Å²) in [4.78, 5) is 19.8. The highest BCUT2D eigenvalue weighted by molar-refractivity contribution is 5.91. The van der Waals surface area contributed by atoms with Gasteiger partial charge < -0.3 is 33.4 Å². The molecule has 3 aromatic rings. The van der Waals surface area contributed by atoms with Gasteiger partial charge >= 0.3 is 5.97 Å². The first-order valence-electron chi connectivity index (χ1n) is 14.4. The van der Waals surface area contributed by atoms with Gasteiger partial charge in [-0.05, 0) is 66.8 Å². The normalized spacial score (nSPS) is 27.4. The Hall–Kier alpha value is -3.43. The molecule has 2 aromatic carbocycles. The van der Waals surface area contributed by atoms with Crippen LogP contribution in [0.15, 0.2) is 30.3 Å². The van der Waals surface area contributed by atoms with Crippen molar-refractivity contribution in [2.75, 3.05) is 48.6 Å². The van der Waals surface area contributed by atoms with Gasteiger partial charge in [0.05, 0.1) is 46.1 Å². The molecular weight excluding hydrogens is 524 g/mol. The van der Waals surface area contributed by atoms with Crippen LogP contribution in [-0.2, 0) is 15.9 Å². The van der Waals surface area contributed by atoms with Crippen molar-refractivity contribution in [1.82, 2.24) is 9.88 Å². The van der Waals surface area contributed by atoms with E-state index in [1.54, 1.807) is 26.4 Å². The van der Waals surface area contributed by atoms with Gasteiger partial charge in [-0.2, -0.15) is 0 Å². The molecule has 0 spiro atoms. The molecule has 6 rings (SSSR count). The van der Waals surface area contributed by atoms with Crippen LogP contribution in [0.5, 0.6) is 23.0 Å². The monoisotopic (exact) mass is 564 g/mol. The Morgan fingerprint density at radius 1 is 0.951 bits per heavy atom. The number of carbonyl (C=O) groups is 1. The van der Waals surface area contributed by atoms with Crippen LogP contribution in [0.4, 0.5) is 0 Å². The molecule has 9 heteroatoms. The summed E-state index contributed by atoms with van der Waals surface area (Å²) in [7, 11) is 8.03. The molecule has 1 aliphatic carbocycles. The third-order valence-electron chi connectivity index (χ3n) is 9.67. The molecule has 1 aromatic heterocycles. The van der Waals surface area contributed by atoms with Crippen LogP contribution in [0, 0.1) is 17.8 Å². The number of ether oxygens (including phenoxy) is 6.